The Morgan fingerprint density at radius 1 is 1.00 bits per heavy atom. The van der Waals surface area contributed by atoms with Crippen LogP contribution < -0.4 is 4.74 Å². The summed E-state index contributed by atoms with van der Waals surface area (Å²) < 4.78 is 24.5. The summed E-state index contributed by atoms with van der Waals surface area (Å²) in [6.45, 7) is 3.47. The van der Waals surface area contributed by atoms with Gasteiger partial charge in [-0.15, -0.1) is 0 Å². The van der Waals surface area contributed by atoms with E-state index >= 15 is 0 Å². The van der Waals surface area contributed by atoms with Gasteiger partial charge in [0, 0.05) is 11.1 Å². The molecule has 31 heavy (non-hydrogen) atoms. The molecule has 7 heteroatoms. The largest absolute Gasteiger partial charge is 0.479 e. The van der Waals surface area contributed by atoms with Gasteiger partial charge in [0.05, 0.1) is 0 Å². The van der Waals surface area contributed by atoms with Crippen molar-refractivity contribution in [3.8, 4) is 39.7 Å². The van der Waals surface area contributed by atoms with Gasteiger partial charge < -0.3 is 14.4 Å². The predicted octanol–water partition coefficient (Wildman–Crippen LogP) is 5.29. The van der Waals surface area contributed by atoms with E-state index in [0.29, 0.717) is 11.5 Å². The Labute approximate surface area is 177 Å². The number of hydrogen-bond acceptors (Lipinski definition) is 5. The van der Waals surface area contributed by atoms with E-state index in [1.165, 1.54) is 23.3 Å². The molecule has 1 heterocycles. The topological polar surface area (TPSA) is 85.5 Å². The minimum Gasteiger partial charge on any atom is -0.479 e. The molecule has 0 fully saturated rings. The van der Waals surface area contributed by atoms with Gasteiger partial charge in [-0.05, 0) is 66.4 Å². The Morgan fingerprint density at radius 3 is 2.45 bits per heavy atom. The van der Waals surface area contributed by atoms with Gasteiger partial charge >= 0.3 is 5.97 Å². The second-order valence-electron chi connectivity index (χ2n) is 7.10. The van der Waals surface area contributed by atoms with E-state index in [-0.39, 0.29) is 11.6 Å². The average molecular weight is 418 g/mol. The van der Waals surface area contributed by atoms with Gasteiger partial charge in [-0.1, -0.05) is 35.5 Å². The lowest BCUT2D eigenvalue weighted by Crippen LogP contribution is -2.10. The van der Waals surface area contributed by atoms with Crippen molar-refractivity contribution in [3.63, 3.8) is 0 Å². The second kappa shape index (κ2) is 8.39. The number of aliphatic carboxylic acids is 1. The van der Waals surface area contributed by atoms with Gasteiger partial charge in [0.2, 0.25) is 5.82 Å². The third-order valence-electron chi connectivity index (χ3n) is 4.88. The Bertz CT molecular complexity index is 1270. The number of carboxylic acids is 1. The van der Waals surface area contributed by atoms with Crippen molar-refractivity contribution >= 4 is 5.97 Å². The Morgan fingerprint density at radius 2 is 1.74 bits per heavy atom. The highest BCUT2D eigenvalue weighted by molar-refractivity contribution is 5.73. The number of aromatic nitrogens is 2. The molecule has 3 aromatic carbocycles. The van der Waals surface area contributed by atoms with Crippen LogP contribution in [-0.4, -0.2) is 27.8 Å². The van der Waals surface area contributed by atoms with Crippen molar-refractivity contribution < 1.29 is 23.6 Å². The summed E-state index contributed by atoms with van der Waals surface area (Å²) in [5, 5.41) is 12.6. The van der Waals surface area contributed by atoms with Gasteiger partial charge in [-0.25, -0.2) is 9.18 Å². The van der Waals surface area contributed by atoms with Gasteiger partial charge in [0.25, 0.3) is 5.89 Å². The molecule has 4 aromatic rings. The van der Waals surface area contributed by atoms with Crippen LogP contribution in [0.15, 0.2) is 65.2 Å². The van der Waals surface area contributed by atoms with Crippen LogP contribution in [-0.2, 0) is 4.79 Å². The lowest BCUT2D eigenvalue weighted by atomic mass is 9.95. The summed E-state index contributed by atoms with van der Waals surface area (Å²) in [5.41, 5.74) is 5.70. The molecule has 4 rings (SSSR count). The van der Waals surface area contributed by atoms with Crippen molar-refractivity contribution in [1.29, 1.82) is 0 Å². The lowest BCUT2D eigenvalue weighted by Gasteiger charge is -2.10. The zero-order valence-corrected chi connectivity index (χ0v) is 16.9. The number of benzene rings is 3. The zero-order chi connectivity index (χ0) is 22.0. The van der Waals surface area contributed by atoms with Crippen LogP contribution in [0.2, 0.25) is 0 Å². The van der Waals surface area contributed by atoms with E-state index in [4.69, 9.17) is 14.4 Å². The Hall–Kier alpha value is -4.00. The third kappa shape index (κ3) is 4.30. The molecule has 0 spiro atoms. The number of hydrogen-bond donors (Lipinski definition) is 1. The van der Waals surface area contributed by atoms with E-state index in [0.717, 1.165) is 16.7 Å². The number of nitrogens with zero attached hydrogens (tertiary/aromatic N) is 2. The predicted molar refractivity (Wildman–Crippen MR) is 113 cm³/mol. The molecule has 156 valence electrons. The standard InChI is InChI=1S/C24H19FN2O4/c1-14-5-3-4-6-18(14)19-9-7-17(11-15(19)2)24-26-23(27-31-24)16-8-10-21(20(25)12-16)30-13-22(28)29/h3-12H,13H2,1-2H3,(H,28,29). The van der Waals surface area contributed by atoms with Crippen molar-refractivity contribution in [2.45, 2.75) is 13.8 Å². The quantitative estimate of drug-likeness (QED) is 0.458. The molecule has 0 aliphatic heterocycles. The fourth-order valence-electron chi connectivity index (χ4n) is 3.33. The Kier molecular flexibility index (Phi) is 5.49. The molecule has 6 nitrogen and oxygen atoms in total. The van der Waals surface area contributed by atoms with Crippen LogP contribution in [0, 0.1) is 19.7 Å². The highest BCUT2D eigenvalue weighted by atomic mass is 19.1. The fourth-order valence-corrected chi connectivity index (χ4v) is 3.33. The number of carbonyl (C=O) groups is 1. The summed E-state index contributed by atoms with van der Waals surface area (Å²) in [4.78, 5) is 14.9. The highest BCUT2D eigenvalue weighted by Crippen LogP contribution is 2.31. The first-order chi connectivity index (χ1) is 14.9. The van der Waals surface area contributed by atoms with Gasteiger partial charge in [-0.2, -0.15) is 4.98 Å². The van der Waals surface area contributed by atoms with E-state index < -0.39 is 18.4 Å². The van der Waals surface area contributed by atoms with Crippen LogP contribution >= 0.6 is 0 Å². The molecule has 0 bridgehead atoms. The first kappa shape index (κ1) is 20.3. The van der Waals surface area contributed by atoms with Crippen molar-refractivity contribution in [1.82, 2.24) is 10.1 Å². The minimum atomic E-state index is -1.19. The molecular formula is C24H19FN2O4. The SMILES string of the molecule is Cc1ccccc1-c1ccc(-c2nc(-c3ccc(OCC(=O)O)c(F)c3)no2)cc1C. The Balaban J connectivity index is 1.59. The monoisotopic (exact) mass is 418 g/mol. The van der Waals surface area contributed by atoms with Crippen LogP contribution in [0.5, 0.6) is 5.75 Å². The normalized spacial score (nSPS) is 10.8. The molecule has 0 amide bonds. The summed E-state index contributed by atoms with van der Waals surface area (Å²) in [6.07, 6.45) is 0. The molecular weight excluding hydrogens is 399 g/mol. The number of ether oxygens (including phenoxy) is 1. The van der Waals surface area contributed by atoms with Crippen LogP contribution in [0.1, 0.15) is 11.1 Å². The molecule has 0 aliphatic rings. The summed E-state index contributed by atoms with van der Waals surface area (Å²) in [7, 11) is 0. The van der Waals surface area contributed by atoms with Crippen molar-refractivity contribution in [3.05, 3.63) is 77.6 Å². The first-order valence-corrected chi connectivity index (χ1v) is 9.57. The van der Waals surface area contributed by atoms with E-state index in [1.54, 1.807) is 6.07 Å². The summed E-state index contributed by atoms with van der Waals surface area (Å²) in [5.74, 6) is -1.50. The lowest BCUT2D eigenvalue weighted by molar-refractivity contribution is -0.139. The maximum absolute atomic E-state index is 14.2. The van der Waals surface area contributed by atoms with E-state index in [1.807, 2.05) is 37.3 Å². The third-order valence-corrected chi connectivity index (χ3v) is 4.88. The minimum absolute atomic E-state index is 0.155. The van der Waals surface area contributed by atoms with Gasteiger partial charge in [0.15, 0.2) is 18.2 Å². The number of aryl methyl sites for hydroxylation is 2. The molecule has 0 atom stereocenters. The average Bonchev–Trinajstić information content (AvgIpc) is 3.24. The number of carboxylic acid groups (broad SMARTS) is 1. The molecule has 0 saturated heterocycles. The molecule has 1 N–H and O–H groups in total. The smallest absolute Gasteiger partial charge is 0.341 e. The maximum atomic E-state index is 14.2. The second-order valence-corrected chi connectivity index (χ2v) is 7.10. The zero-order valence-electron chi connectivity index (χ0n) is 16.9. The van der Waals surface area contributed by atoms with Crippen LogP contribution in [0.25, 0.3) is 34.0 Å². The molecule has 0 aliphatic carbocycles. The summed E-state index contributed by atoms with van der Waals surface area (Å²) >= 11 is 0. The van der Waals surface area contributed by atoms with Gasteiger partial charge in [-0.3, -0.25) is 0 Å². The van der Waals surface area contributed by atoms with Crippen LogP contribution in [0.4, 0.5) is 4.39 Å². The fraction of sp³-hybridized carbons (Fsp3) is 0.125. The first-order valence-electron chi connectivity index (χ1n) is 9.57. The van der Waals surface area contributed by atoms with E-state index in [2.05, 4.69) is 29.2 Å². The summed E-state index contributed by atoms with van der Waals surface area (Å²) in [6, 6.07) is 18.1. The van der Waals surface area contributed by atoms with Crippen molar-refractivity contribution in [2.24, 2.45) is 0 Å². The van der Waals surface area contributed by atoms with Gasteiger partial charge in [0.1, 0.15) is 0 Å². The number of halogens is 1. The maximum Gasteiger partial charge on any atom is 0.341 e. The molecule has 1 aromatic heterocycles. The van der Waals surface area contributed by atoms with Crippen molar-refractivity contribution in [2.75, 3.05) is 6.61 Å². The molecule has 0 unspecified atom stereocenters. The highest BCUT2D eigenvalue weighted by Gasteiger charge is 2.15. The number of rotatable bonds is 6. The van der Waals surface area contributed by atoms with Crippen LogP contribution in [0.3, 0.4) is 0 Å². The van der Waals surface area contributed by atoms with E-state index in [9.17, 15) is 9.18 Å². The molecule has 0 saturated carbocycles. The molecule has 0 radical (unpaired) electrons.